The standard InChI is InChI=1S/C28H32O2/c1-3-7-21-17-26(29)28(2)15-14-24-23-13-11-22(30-18-19-8-5-4-6-9-19)16-20(23)10-12-25(24)27(21)28/h3-6,8-9,11,13,16,21,24-25,27H,1,7,10,12,14-15,17-18H2,2H3/t21-,24?,25?,27?,28?/m1/s1. The van der Waals surface area contributed by atoms with Crippen molar-refractivity contribution in [3.05, 3.63) is 77.9 Å². The van der Waals surface area contributed by atoms with Crippen LogP contribution in [-0.2, 0) is 17.8 Å². The van der Waals surface area contributed by atoms with Crippen molar-refractivity contribution in [1.82, 2.24) is 0 Å². The summed E-state index contributed by atoms with van der Waals surface area (Å²) < 4.78 is 6.09. The summed E-state index contributed by atoms with van der Waals surface area (Å²) in [5.74, 6) is 3.70. The van der Waals surface area contributed by atoms with Crippen LogP contribution in [0.2, 0.25) is 0 Å². The predicted octanol–water partition coefficient (Wildman–Crippen LogP) is 6.49. The molecule has 156 valence electrons. The number of hydrogen-bond donors (Lipinski definition) is 0. The van der Waals surface area contributed by atoms with Gasteiger partial charge in [0.15, 0.2) is 0 Å². The summed E-state index contributed by atoms with van der Waals surface area (Å²) in [5, 5.41) is 0. The molecule has 3 aliphatic carbocycles. The Morgan fingerprint density at radius 2 is 2.00 bits per heavy atom. The van der Waals surface area contributed by atoms with Gasteiger partial charge in [0.05, 0.1) is 0 Å². The van der Waals surface area contributed by atoms with Crippen molar-refractivity contribution < 1.29 is 9.53 Å². The monoisotopic (exact) mass is 400 g/mol. The summed E-state index contributed by atoms with van der Waals surface area (Å²) in [4.78, 5) is 12.9. The molecule has 2 nitrogen and oxygen atoms in total. The van der Waals surface area contributed by atoms with E-state index in [0.717, 1.165) is 37.9 Å². The molecule has 3 aliphatic rings. The van der Waals surface area contributed by atoms with Crippen LogP contribution < -0.4 is 4.74 Å². The highest BCUT2D eigenvalue weighted by molar-refractivity contribution is 5.87. The van der Waals surface area contributed by atoms with Crippen LogP contribution in [0.15, 0.2) is 61.2 Å². The molecule has 0 spiro atoms. The number of ether oxygens (including phenoxy) is 1. The van der Waals surface area contributed by atoms with Crippen LogP contribution in [0.5, 0.6) is 5.75 Å². The van der Waals surface area contributed by atoms with Crippen LogP contribution in [0.25, 0.3) is 0 Å². The zero-order valence-electron chi connectivity index (χ0n) is 18.0. The Labute approximate surface area is 180 Å². The minimum absolute atomic E-state index is 0.106. The number of aryl methyl sites for hydroxylation is 1. The van der Waals surface area contributed by atoms with Crippen molar-refractivity contribution in [2.75, 3.05) is 0 Å². The SMILES string of the molecule is C=CC[C@@H]1CC(=O)C2(C)CCC3c4ccc(OCc5ccccc5)cc4CCC3C12. The summed E-state index contributed by atoms with van der Waals surface area (Å²) in [7, 11) is 0. The fourth-order valence-electron chi connectivity index (χ4n) is 6.88. The summed E-state index contributed by atoms with van der Waals surface area (Å²) in [6.07, 6.45) is 8.24. The predicted molar refractivity (Wildman–Crippen MR) is 121 cm³/mol. The van der Waals surface area contributed by atoms with Crippen molar-refractivity contribution >= 4 is 5.78 Å². The van der Waals surface area contributed by atoms with Crippen LogP contribution >= 0.6 is 0 Å². The van der Waals surface area contributed by atoms with E-state index >= 15 is 0 Å². The van der Waals surface area contributed by atoms with E-state index in [0.29, 0.717) is 36.1 Å². The lowest BCUT2D eigenvalue weighted by molar-refractivity contribution is -0.129. The van der Waals surface area contributed by atoms with Gasteiger partial charge >= 0.3 is 0 Å². The van der Waals surface area contributed by atoms with E-state index in [9.17, 15) is 4.79 Å². The van der Waals surface area contributed by atoms with Crippen LogP contribution in [0.3, 0.4) is 0 Å². The number of benzene rings is 2. The number of fused-ring (bicyclic) bond motifs is 5. The molecule has 0 bridgehead atoms. The summed E-state index contributed by atoms with van der Waals surface area (Å²) in [5.41, 5.74) is 4.05. The maximum absolute atomic E-state index is 12.9. The number of ketones is 1. The van der Waals surface area contributed by atoms with E-state index in [1.807, 2.05) is 12.1 Å². The molecular weight excluding hydrogens is 368 g/mol. The van der Waals surface area contributed by atoms with Crippen molar-refractivity contribution in [2.45, 2.75) is 58.0 Å². The minimum Gasteiger partial charge on any atom is -0.489 e. The smallest absolute Gasteiger partial charge is 0.139 e. The Bertz CT molecular complexity index is 946. The van der Waals surface area contributed by atoms with Crippen LogP contribution in [0.4, 0.5) is 0 Å². The number of rotatable bonds is 5. The number of hydrogen-bond acceptors (Lipinski definition) is 2. The molecule has 2 fully saturated rings. The maximum atomic E-state index is 12.9. The molecule has 0 heterocycles. The molecule has 5 atom stereocenters. The molecule has 0 aliphatic heterocycles. The van der Waals surface area contributed by atoms with Gasteiger partial charge in [-0.2, -0.15) is 0 Å². The molecule has 2 aromatic carbocycles. The lowest BCUT2D eigenvalue weighted by atomic mass is 9.54. The van der Waals surface area contributed by atoms with E-state index in [1.54, 1.807) is 0 Å². The highest BCUT2D eigenvalue weighted by Gasteiger charge is 2.58. The second-order valence-electron chi connectivity index (χ2n) is 9.84. The van der Waals surface area contributed by atoms with Gasteiger partial charge < -0.3 is 4.74 Å². The van der Waals surface area contributed by atoms with E-state index in [2.05, 4.69) is 56.0 Å². The van der Waals surface area contributed by atoms with Crippen LogP contribution in [-0.4, -0.2) is 5.78 Å². The third-order valence-electron chi connectivity index (χ3n) is 8.26. The van der Waals surface area contributed by atoms with Gasteiger partial charge in [0.1, 0.15) is 18.1 Å². The second-order valence-corrected chi connectivity index (χ2v) is 9.84. The molecule has 30 heavy (non-hydrogen) atoms. The van der Waals surface area contributed by atoms with Gasteiger partial charge in [-0.3, -0.25) is 4.79 Å². The van der Waals surface area contributed by atoms with Crippen molar-refractivity contribution in [3.63, 3.8) is 0 Å². The highest BCUT2D eigenvalue weighted by atomic mass is 16.5. The van der Waals surface area contributed by atoms with Crippen molar-refractivity contribution in [3.8, 4) is 5.75 Å². The van der Waals surface area contributed by atoms with Gasteiger partial charge in [-0.1, -0.05) is 49.4 Å². The lowest BCUT2D eigenvalue weighted by Crippen LogP contribution is -2.44. The lowest BCUT2D eigenvalue weighted by Gasteiger charge is -2.49. The van der Waals surface area contributed by atoms with Gasteiger partial charge in [-0.15, -0.1) is 6.58 Å². The largest absolute Gasteiger partial charge is 0.489 e. The first-order valence-electron chi connectivity index (χ1n) is 11.5. The van der Waals surface area contributed by atoms with Gasteiger partial charge in [-0.25, -0.2) is 0 Å². The molecule has 0 aromatic heterocycles. The summed E-state index contributed by atoms with van der Waals surface area (Å²) in [6.45, 7) is 6.84. The summed E-state index contributed by atoms with van der Waals surface area (Å²) >= 11 is 0. The quantitative estimate of drug-likeness (QED) is 0.536. The molecule has 5 rings (SSSR count). The highest BCUT2D eigenvalue weighted by Crippen LogP contribution is 2.62. The Kier molecular flexibility index (Phi) is 5.05. The maximum Gasteiger partial charge on any atom is 0.139 e. The van der Waals surface area contributed by atoms with Gasteiger partial charge in [-0.05, 0) is 84.6 Å². The fraction of sp³-hybridized carbons (Fsp3) is 0.464. The Balaban J connectivity index is 1.37. The molecule has 0 N–H and O–H groups in total. The Morgan fingerprint density at radius 1 is 1.17 bits per heavy atom. The van der Waals surface area contributed by atoms with E-state index in [4.69, 9.17) is 4.74 Å². The average Bonchev–Trinajstić information content (AvgIpc) is 3.03. The third kappa shape index (κ3) is 3.21. The van der Waals surface area contributed by atoms with E-state index in [-0.39, 0.29) is 5.41 Å². The first-order chi connectivity index (χ1) is 14.6. The van der Waals surface area contributed by atoms with Gasteiger partial charge in [0.25, 0.3) is 0 Å². The zero-order valence-corrected chi connectivity index (χ0v) is 18.0. The number of carbonyl (C=O) groups is 1. The first-order valence-corrected chi connectivity index (χ1v) is 11.5. The fourth-order valence-corrected chi connectivity index (χ4v) is 6.88. The zero-order chi connectivity index (χ0) is 20.7. The molecular formula is C28H32O2. The molecule has 2 aromatic rings. The Morgan fingerprint density at radius 3 is 2.80 bits per heavy atom. The van der Waals surface area contributed by atoms with E-state index < -0.39 is 0 Å². The third-order valence-corrected chi connectivity index (χ3v) is 8.26. The first kappa shape index (κ1) is 19.6. The topological polar surface area (TPSA) is 26.3 Å². The average molecular weight is 401 g/mol. The molecule has 2 saturated carbocycles. The van der Waals surface area contributed by atoms with Gasteiger partial charge in [0.2, 0.25) is 0 Å². The molecule has 0 radical (unpaired) electrons. The van der Waals surface area contributed by atoms with Gasteiger partial charge in [0, 0.05) is 11.8 Å². The molecule has 2 heteroatoms. The van der Waals surface area contributed by atoms with Crippen LogP contribution in [0, 0.1) is 23.2 Å². The number of carbonyl (C=O) groups excluding carboxylic acids is 1. The summed E-state index contributed by atoms with van der Waals surface area (Å²) in [6, 6.07) is 17.1. The molecule has 0 amide bonds. The van der Waals surface area contributed by atoms with Crippen LogP contribution in [0.1, 0.15) is 61.6 Å². The second kappa shape index (κ2) is 7.72. The normalized spacial score (nSPS) is 32.1. The number of Topliss-reactive ketones (excluding diaryl/α,β-unsaturated/α-hetero) is 1. The molecule has 0 saturated heterocycles. The minimum atomic E-state index is -0.106. The molecule has 4 unspecified atom stereocenters. The van der Waals surface area contributed by atoms with Crippen molar-refractivity contribution in [2.24, 2.45) is 23.2 Å². The van der Waals surface area contributed by atoms with Crippen molar-refractivity contribution in [1.29, 1.82) is 0 Å². The Hall–Kier alpha value is -2.35. The van der Waals surface area contributed by atoms with E-state index in [1.165, 1.54) is 23.1 Å². The number of allylic oxidation sites excluding steroid dienone is 1.